The predicted octanol–water partition coefficient (Wildman–Crippen LogP) is 5.05. The van der Waals surface area contributed by atoms with E-state index in [9.17, 15) is 0 Å². The quantitative estimate of drug-likeness (QED) is 0.386. The summed E-state index contributed by atoms with van der Waals surface area (Å²) in [5, 5.41) is 0. The molecule has 0 saturated carbocycles. The standard InChI is InChI=1S/C8H16.C7H12/c1-6-7(2)8(3,4)5;1-5-6-7(2,3)4/h6H,1-5H3;1-4H3/b7-6+;. The van der Waals surface area contributed by atoms with E-state index in [1.807, 2.05) is 6.92 Å². The SMILES string of the molecule is C/C=C(\C)C(C)(C)C.CC#CC(C)(C)C. The van der Waals surface area contributed by atoms with E-state index >= 15 is 0 Å². The van der Waals surface area contributed by atoms with Gasteiger partial charge in [0.1, 0.15) is 0 Å². The Labute approximate surface area is 97.2 Å². The van der Waals surface area contributed by atoms with Crippen LogP contribution in [0.3, 0.4) is 0 Å². The van der Waals surface area contributed by atoms with E-state index in [-0.39, 0.29) is 5.41 Å². The Balaban J connectivity index is 0. The molecule has 0 N–H and O–H groups in total. The van der Waals surface area contributed by atoms with Crippen LogP contribution in [0.2, 0.25) is 0 Å². The van der Waals surface area contributed by atoms with Crippen molar-refractivity contribution in [2.24, 2.45) is 10.8 Å². The molecular weight excluding hydrogens is 180 g/mol. The second kappa shape index (κ2) is 6.72. The Morgan fingerprint density at radius 1 is 1.00 bits per heavy atom. The molecule has 0 heterocycles. The zero-order valence-electron chi connectivity index (χ0n) is 12.1. The van der Waals surface area contributed by atoms with Gasteiger partial charge < -0.3 is 0 Å². The highest BCUT2D eigenvalue weighted by molar-refractivity contribution is 5.05. The second-order valence-corrected chi connectivity index (χ2v) is 5.85. The van der Waals surface area contributed by atoms with Crippen molar-refractivity contribution in [3.05, 3.63) is 11.6 Å². The summed E-state index contributed by atoms with van der Waals surface area (Å²) in [7, 11) is 0. The lowest BCUT2D eigenvalue weighted by Crippen LogP contribution is -2.05. The van der Waals surface area contributed by atoms with E-state index in [0.29, 0.717) is 5.41 Å². The van der Waals surface area contributed by atoms with Gasteiger partial charge in [0.05, 0.1) is 0 Å². The van der Waals surface area contributed by atoms with Gasteiger partial charge in [0.15, 0.2) is 0 Å². The molecule has 0 heteroatoms. The third kappa shape index (κ3) is 13.3. The van der Waals surface area contributed by atoms with Crippen LogP contribution in [0.5, 0.6) is 0 Å². The van der Waals surface area contributed by atoms with Crippen LogP contribution >= 0.6 is 0 Å². The molecule has 0 fully saturated rings. The lowest BCUT2D eigenvalue weighted by Gasteiger charge is -2.18. The van der Waals surface area contributed by atoms with Crippen molar-refractivity contribution in [3.63, 3.8) is 0 Å². The second-order valence-electron chi connectivity index (χ2n) is 5.85. The van der Waals surface area contributed by atoms with E-state index in [1.54, 1.807) is 0 Å². The largest absolute Gasteiger partial charge is 0.106 e. The Morgan fingerprint density at radius 3 is 1.40 bits per heavy atom. The van der Waals surface area contributed by atoms with E-state index < -0.39 is 0 Å². The van der Waals surface area contributed by atoms with Gasteiger partial charge in [0, 0.05) is 5.41 Å². The van der Waals surface area contributed by atoms with Crippen molar-refractivity contribution >= 4 is 0 Å². The van der Waals surface area contributed by atoms with Crippen molar-refractivity contribution in [2.75, 3.05) is 0 Å². The van der Waals surface area contributed by atoms with Gasteiger partial charge in [-0.05, 0) is 47.0 Å². The summed E-state index contributed by atoms with van der Waals surface area (Å²) in [6.07, 6.45) is 2.17. The highest BCUT2D eigenvalue weighted by Gasteiger charge is 2.10. The van der Waals surface area contributed by atoms with Crippen molar-refractivity contribution in [3.8, 4) is 11.8 Å². The Morgan fingerprint density at radius 2 is 1.40 bits per heavy atom. The maximum atomic E-state index is 3.03. The number of hydrogen-bond acceptors (Lipinski definition) is 0. The Hall–Kier alpha value is -0.700. The van der Waals surface area contributed by atoms with Crippen LogP contribution in [0.25, 0.3) is 0 Å². The molecule has 88 valence electrons. The lowest BCUT2D eigenvalue weighted by molar-refractivity contribution is 0.503. The minimum Gasteiger partial charge on any atom is -0.106 e. The zero-order valence-corrected chi connectivity index (χ0v) is 12.1. The van der Waals surface area contributed by atoms with Crippen LogP contribution in [-0.4, -0.2) is 0 Å². The van der Waals surface area contributed by atoms with E-state index in [0.717, 1.165) is 0 Å². The monoisotopic (exact) mass is 208 g/mol. The summed E-state index contributed by atoms with van der Waals surface area (Å²) in [6.45, 7) is 19.1. The van der Waals surface area contributed by atoms with Crippen LogP contribution in [0.15, 0.2) is 11.6 Å². The molecule has 0 amide bonds. The third-order valence-electron chi connectivity index (χ3n) is 2.12. The van der Waals surface area contributed by atoms with Crippen molar-refractivity contribution in [2.45, 2.75) is 62.3 Å². The first-order valence-electron chi connectivity index (χ1n) is 5.62. The molecule has 0 bridgehead atoms. The van der Waals surface area contributed by atoms with Gasteiger partial charge >= 0.3 is 0 Å². The van der Waals surface area contributed by atoms with Crippen LogP contribution in [0, 0.1) is 22.7 Å². The lowest BCUT2D eigenvalue weighted by atomic mass is 9.88. The summed E-state index contributed by atoms with van der Waals surface area (Å²) < 4.78 is 0. The summed E-state index contributed by atoms with van der Waals surface area (Å²) in [5.41, 5.74) is 2.02. The van der Waals surface area contributed by atoms with Crippen molar-refractivity contribution in [1.29, 1.82) is 0 Å². The zero-order chi connectivity index (χ0) is 12.7. The molecule has 0 radical (unpaired) electrons. The Bertz CT molecular complexity index is 242. The van der Waals surface area contributed by atoms with Gasteiger partial charge in [-0.15, -0.1) is 5.92 Å². The molecule has 0 aliphatic heterocycles. The fourth-order valence-corrected chi connectivity index (χ4v) is 0.808. The number of hydrogen-bond donors (Lipinski definition) is 0. The number of rotatable bonds is 0. The maximum Gasteiger partial charge on any atom is 0.0230 e. The molecule has 0 nitrogen and oxygen atoms in total. The molecular formula is C15H28. The minimum atomic E-state index is 0.189. The van der Waals surface area contributed by atoms with Crippen LogP contribution < -0.4 is 0 Å². The fraction of sp³-hybridized carbons (Fsp3) is 0.733. The van der Waals surface area contributed by atoms with Crippen LogP contribution in [0.4, 0.5) is 0 Å². The van der Waals surface area contributed by atoms with Gasteiger partial charge in [0.2, 0.25) is 0 Å². The molecule has 0 aromatic rings. The van der Waals surface area contributed by atoms with Crippen LogP contribution in [-0.2, 0) is 0 Å². The van der Waals surface area contributed by atoms with Gasteiger partial charge in [-0.1, -0.05) is 38.3 Å². The summed E-state index contributed by atoms with van der Waals surface area (Å²) in [5.74, 6) is 5.89. The molecule has 0 aromatic carbocycles. The molecule has 0 unspecified atom stereocenters. The average Bonchev–Trinajstić information content (AvgIpc) is 2.00. The molecule has 0 aromatic heterocycles. The van der Waals surface area contributed by atoms with E-state index in [2.05, 4.69) is 73.3 Å². The predicted molar refractivity (Wildman–Crippen MR) is 71.8 cm³/mol. The smallest absolute Gasteiger partial charge is 0.0230 e. The minimum absolute atomic E-state index is 0.189. The van der Waals surface area contributed by atoms with E-state index in [1.165, 1.54) is 5.57 Å². The third-order valence-corrected chi connectivity index (χ3v) is 2.12. The Kier molecular flexibility index (Phi) is 7.49. The topological polar surface area (TPSA) is 0 Å². The molecule has 0 atom stereocenters. The number of allylic oxidation sites excluding steroid dienone is 2. The van der Waals surface area contributed by atoms with Gasteiger partial charge in [0.25, 0.3) is 0 Å². The van der Waals surface area contributed by atoms with E-state index in [4.69, 9.17) is 0 Å². The van der Waals surface area contributed by atoms with Gasteiger partial charge in [-0.25, -0.2) is 0 Å². The van der Waals surface area contributed by atoms with Crippen molar-refractivity contribution < 1.29 is 0 Å². The maximum absolute atomic E-state index is 3.03. The normalized spacial score (nSPS) is 12.2. The summed E-state index contributed by atoms with van der Waals surface area (Å²) in [4.78, 5) is 0. The van der Waals surface area contributed by atoms with Gasteiger partial charge in [-0.2, -0.15) is 0 Å². The molecule has 0 aliphatic carbocycles. The first-order chi connectivity index (χ1) is 6.54. The molecule has 0 aliphatic rings. The first kappa shape index (κ1) is 16.7. The molecule has 15 heavy (non-hydrogen) atoms. The van der Waals surface area contributed by atoms with Crippen LogP contribution in [0.1, 0.15) is 62.3 Å². The van der Waals surface area contributed by atoms with Crippen molar-refractivity contribution in [1.82, 2.24) is 0 Å². The molecule has 0 rings (SSSR count). The highest BCUT2D eigenvalue weighted by atomic mass is 14.2. The average molecular weight is 208 g/mol. The highest BCUT2D eigenvalue weighted by Crippen LogP contribution is 2.23. The fourth-order valence-electron chi connectivity index (χ4n) is 0.808. The molecule has 0 saturated heterocycles. The summed E-state index contributed by atoms with van der Waals surface area (Å²) in [6, 6.07) is 0. The first-order valence-corrected chi connectivity index (χ1v) is 5.62. The summed E-state index contributed by atoms with van der Waals surface area (Å²) >= 11 is 0. The molecule has 0 spiro atoms. The van der Waals surface area contributed by atoms with Gasteiger partial charge in [-0.3, -0.25) is 0 Å².